The summed E-state index contributed by atoms with van der Waals surface area (Å²) in [6.07, 6.45) is 4.96. The number of anilines is 1. The highest BCUT2D eigenvalue weighted by Gasteiger charge is 2.33. The zero-order valence-corrected chi connectivity index (χ0v) is 16.2. The Kier molecular flexibility index (Phi) is 4.12. The van der Waals surface area contributed by atoms with E-state index in [1.165, 1.54) is 10.8 Å². The number of carboxylic acid groups (broad SMARTS) is 1. The van der Waals surface area contributed by atoms with Crippen LogP contribution in [0.3, 0.4) is 0 Å². The fraction of sp³-hybridized carbons (Fsp3) is 0.400. The Bertz CT molecular complexity index is 1250. The molecule has 5 rings (SSSR count). The molecule has 156 valence electrons. The third-order valence-corrected chi connectivity index (χ3v) is 5.93. The first-order valence-electron chi connectivity index (χ1n) is 9.78. The van der Waals surface area contributed by atoms with Crippen LogP contribution in [0.5, 0.6) is 0 Å². The van der Waals surface area contributed by atoms with E-state index in [1.54, 1.807) is 15.8 Å². The number of rotatable bonds is 4. The van der Waals surface area contributed by atoms with Crippen molar-refractivity contribution in [1.29, 1.82) is 0 Å². The van der Waals surface area contributed by atoms with Crippen LogP contribution in [-0.2, 0) is 0 Å². The number of benzene rings is 1. The minimum atomic E-state index is -1.41. The molecule has 10 heteroatoms. The Morgan fingerprint density at radius 2 is 2.00 bits per heavy atom. The van der Waals surface area contributed by atoms with Crippen LogP contribution in [0.4, 0.5) is 14.5 Å². The highest BCUT2D eigenvalue weighted by molar-refractivity contribution is 5.94. The molecule has 1 aliphatic heterocycles. The van der Waals surface area contributed by atoms with Gasteiger partial charge >= 0.3 is 5.97 Å². The van der Waals surface area contributed by atoms with Crippen LogP contribution in [0.15, 0.2) is 23.3 Å². The number of carboxylic acids is 1. The van der Waals surface area contributed by atoms with E-state index >= 15 is 8.78 Å². The third-order valence-electron chi connectivity index (χ3n) is 5.93. The number of halogens is 2. The average Bonchev–Trinajstić information content (AvgIpc) is 3.28. The van der Waals surface area contributed by atoms with Crippen LogP contribution in [-0.4, -0.2) is 43.7 Å². The molecule has 1 aliphatic carbocycles. The van der Waals surface area contributed by atoms with Gasteiger partial charge in [0.1, 0.15) is 17.1 Å². The van der Waals surface area contributed by atoms with Gasteiger partial charge in [-0.15, -0.1) is 5.10 Å². The van der Waals surface area contributed by atoms with Gasteiger partial charge in [0.05, 0.1) is 28.8 Å². The quantitative estimate of drug-likeness (QED) is 0.704. The monoisotopic (exact) mass is 415 g/mol. The van der Waals surface area contributed by atoms with Crippen LogP contribution >= 0.6 is 0 Å². The predicted molar refractivity (Wildman–Crippen MR) is 104 cm³/mol. The Morgan fingerprint density at radius 3 is 2.63 bits per heavy atom. The normalized spacial score (nSPS) is 19.0. The highest BCUT2D eigenvalue weighted by atomic mass is 19.1. The molecule has 8 nitrogen and oxygen atoms in total. The first-order chi connectivity index (χ1) is 14.4. The molecular formula is C20H19F2N5O3. The average molecular weight is 415 g/mol. The Hall–Kier alpha value is -3.30. The molecule has 1 N–H and O–H groups in total. The van der Waals surface area contributed by atoms with Gasteiger partial charge in [-0.1, -0.05) is 5.21 Å². The lowest BCUT2D eigenvalue weighted by molar-refractivity contribution is 0.0694. The number of fused-ring (bicyclic) bond motifs is 1. The fourth-order valence-electron chi connectivity index (χ4n) is 4.31. The molecular weight excluding hydrogens is 396 g/mol. The minimum Gasteiger partial charge on any atom is -0.477 e. The van der Waals surface area contributed by atoms with E-state index in [1.807, 2.05) is 6.92 Å². The van der Waals surface area contributed by atoms with Gasteiger partial charge in [0.15, 0.2) is 5.82 Å². The third kappa shape index (κ3) is 2.78. The molecule has 0 spiro atoms. The molecule has 0 amide bonds. The lowest BCUT2D eigenvalue weighted by Gasteiger charge is -2.22. The van der Waals surface area contributed by atoms with E-state index in [2.05, 4.69) is 10.3 Å². The lowest BCUT2D eigenvalue weighted by atomic mass is 10.1. The van der Waals surface area contributed by atoms with Crippen molar-refractivity contribution < 1.29 is 18.7 Å². The molecule has 1 unspecified atom stereocenters. The van der Waals surface area contributed by atoms with E-state index in [0.29, 0.717) is 19.5 Å². The molecule has 1 aromatic carbocycles. The number of nitrogens with zero attached hydrogens (tertiary/aromatic N) is 5. The van der Waals surface area contributed by atoms with Crippen molar-refractivity contribution in [3.05, 3.63) is 51.6 Å². The summed E-state index contributed by atoms with van der Waals surface area (Å²) in [6, 6.07) is 0.806. The van der Waals surface area contributed by atoms with Gasteiger partial charge in [-0.05, 0) is 32.3 Å². The van der Waals surface area contributed by atoms with Gasteiger partial charge in [0.2, 0.25) is 5.43 Å². The molecule has 2 aromatic heterocycles. The Labute approximate surface area is 169 Å². The number of carbonyl (C=O) groups is 1. The summed E-state index contributed by atoms with van der Waals surface area (Å²) >= 11 is 0. The Morgan fingerprint density at radius 1 is 1.23 bits per heavy atom. The summed E-state index contributed by atoms with van der Waals surface area (Å²) in [5.74, 6) is -3.12. The van der Waals surface area contributed by atoms with Crippen molar-refractivity contribution in [1.82, 2.24) is 19.6 Å². The van der Waals surface area contributed by atoms with Crippen molar-refractivity contribution >= 4 is 22.6 Å². The summed E-state index contributed by atoms with van der Waals surface area (Å²) in [6.45, 7) is 2.64. The fourth-order valence-corrected chi connectivity index (χ4v) is 4.31. The zero-order chi connectivity index (χ0) is 21.2. The minimum absolute atomic E-state index is 0.0377. The first kappa shape index (κ1) is 18.7. The SMILES string of the molecule is Cc1cnnn1C1CCN(c2c(F)cc3c(=O)c(C(=O)O)cn(C4CC4)c3c2F)C1. The number of aromatic nitrogens is 4. The van der Waals surface area contributed by atoms with Crippen molar-refractivity contribution in [3.63, 3.8) is 0 Å². The molecule has 1 saturated heterocycles. The van der Waals surface area contributed by atoms with Gasteiger partial charge in [-0.2, -0.15) is 0 Å². The van der Waals surface area contributed by atoms with Crippen LogP contribution in [0.25, 0.3) is 10.9 Å². The maximum atomic E-state index is 15.7. The number of aryl methyl sites for hydroxylation is 1. The standard InChI is InChI=1S/C20H19F2N5O3/c1-10-7-23-24-27(10)12-4-5-25(8-12)18-15(21)6-13-17(16(18)22)26(11-2-3-11)9-14(19(13)28)20(29)30/h6-7,9,11-12H,2-5,8H2,1H3,(H,29,30). The van der Waals surface area contributed by atoms with Crippen molar-refractivity contribution in [3.8, 4) is 0 Å². The number of hydrogen-bond acceptors (Lipinski definition) is 5. The second kappa shape index (κ2) is 6.61. The summed E-state index contributed by atoms with van der Waals surface area (Å²) in [4.78, 5) is 25.7. The number of pyridine rings is 1. The lowest BCUT2D eigenvalue weighted by Crippen LogP contribution is -2.25. The van der Waals surface area contributed by atoms with E-state index < -0.39 is 28.6 Å². The van der Waals surface area contributed by atoms with Gasteiger partial charge in [0, 0.05) is 25.3 Å². The summed E-state index contributed by atoms with van der Waals surface area (Å²) in [7, 11) is 0. The van der Waals surface area contributed by atoms with E-state index in [4.69, 9.17) is 0 Å². The maximum Gasteiger partial charge on any atom is 0.341 e. The van der Waals surface area contributed by atoms with Crippen LogP contribution < -0.4 is 10.3 Å². The number of aromatic carboxylic acids is 1. The first-order valence-corrected chi connectivity index (χ1v) is 9.78. The van der Waals surface area contributed by atoms with E-state index in [9.17, 15) is 14.7 Å². The topological polar surface area (TPSA) is 93.2 Å². The summed E-state index contributed by atoms with van der Waals surface area (Å²) < 4.78 is 33.9. The molecule has 0 bridgehead atoms. The van der Waals surface area contributed by atoms with Gasteiger partial charge in [-0.25, -0.2) is 18.3 Å². The van der Waals surface area contributed by atoms with Crippen LogP contribution in [0.1, 0.15) is 47.4 Å². The van der Waals surface area contributed by atoms with Crippen LogP contribution in [0, 0.1) is 18.6 Å². The molecule has 2 fully saturated rings. The molecule has 3 heterocycles. The molecule has 3 aromatic rings. The zero-order valence-electron chi connectivity index (χ0n) is 16.2. The van der Waals surface area contributed by atoms with Gasteiger partial charge in [-0.3, -0.25) is 4.79 Å². The summed E-state index contributed by atoms with van der Waals surface area (Å²) in [5.41, 5.74) is -0.728. The van der Waals surface area contributed by atoms with Crippen molar-refractivity contribution in [2.75, 3.05) is 18.0 Å². The van der Waals surface area contributed by atoms with E-state index in [-0.39, 0.29) is 28.7 Å². The maximum absolute atomic E-state index is 15.7. The smallest absolute Gasteiger partial charge is 0.341 e. The van der Waals surface area contributed by atoms with E-state index in [0.717, 1.165) is 24.6 Å². The van der Waals surface area contributed by atoms with Crippen LogP contribution in [0.2, 0.25) is 0 Å². The summed E-state index contributed by atoms with van der Waals surface area (Å²) in [5, 5.41) is 17.0. The predicted octanol–water partition coefficient (Wildman–Crippen LogP) is 2.66. The van der Waals surface area contributed by atoms with Crippen molar-refractivity contribution in [2.45, 2.75) is 38.3 Å². The van der Waals surface area contributed by atoms with Gasteiger partial charge in [0.25, 0.3) is 0 Å². The molecule has 1 atom stereocenters. The number of hydrogen-bond donors (Lipinski definition) is 1. The molecule has 30 heavy (non-hydrogen) atoms. The molecule has 1 saturated carbocycles. The second-order valence-electron chi connectivity index (χ2n) is 7.94. The Balaban J connectivity index is 1.65. The largest absolute Gasteiger partial charge is 0.477 e. The van der Waals surface area contributed by atoms with Gasteiger partial charge < -0.3 is 14.6 Å². The van der Waals surface area contributed by atoms with Crippen molar-refractivity contribution in [2.24, 2.45) is 0 Å². The second-order valence-corrected chi connectivity index (χ2v) is 7.94. The molecule has 0 radical (unpaired) electrons. The highest BCUT2D eigenvalue weighted by Crippen LogP contribution is 2.40. The molecule has 2 aliphatic rings.